The molecule has 0 fully saturated rings. The van der Waals surface area contributed by atoms with Crippen LogP contribution in [0.5, 0.6) is 0 Å². The number of rotatable bonds is 4. The van der Waals surface area contributed by atoms with Gasteiger partial charge in [-0.25, -0.2) is 17.9 Å². The van der Waals surface area contributed by atoms with Gasteiger partial charge in [-0.05, 0) is 31.2 Å². The summed E-state index contributed by atoms with van der Waals surface area (Å²) in [6, 6.07) is 4.66. The van der Waals surface area contributed by atoms with Gasteiger partial charge in [-0.2, -0.15) is 13.2 Å². The summed E-state index contributed by atoms with van der Waals surface area (Å²) in [4.78, 5) is 21.7. The van der Waals surface area contributed by atoms with Crippen LogP contribution >= 0.6 is 11.6 Å². The molecule has 6 nitrogen and oxygen atoms in total. The topological polar surface area (TPSA) is 89.5 Å². The SMILES string of the molecule is CC(OC(=O)C(F)(F)F)C(=O)NS(=O)(=O)c1ccc(Cl)cc1. The van der Waals surface area contributed by atoms with E-state index in [1.165, 1.54) is 16.9 Å². The highest BCUT2D eigenvalue weighted by Gasteiger charge is 2.42. The van der Waals surface area contributed by atoms with E-state index in [1.807, 2.05) is 0 Å². The second-order valence-electron chi connectivity index (χ2n) is 3.97. The summed E-state index contributed by atoms with van der Waals surface area (Å²) in [7, 11) is -4.32. The summed E-state index contributed by atoms with van der Waals surface area (Å²) in [6.07, 6.45) is -7.24. The molecule has 1 rings (SSSR count). The van der Waals surface area contributed by atoms with Gasteiger partial charge in [-0.1, -0.05) is 11.6 Å². The maximum atomic E-state index is 12.0. The van der Waals surface area contributed by atoms with Gasteiger partial charge in [-0.15, -0.1) is 0 Å². The molecule has 0 bridgehead atoms. The van der Waals surface area contributed by atoms with Gasteiger partial charge in [0.15, 0.2) is 6.10 Å². The maximum Gasteiger partial charge on any atom is 0.490 e. The number of amides is 1. The van der Waals surface area contributed by atoms with Crippen molar-refractivity contribution in [2.45, 2.75) is 24.1 Å². The van der Waals surface area contributed by atoms with Gasteiger partial charge in [0.1, 0.15) is 0 Å². The zero-order valence-electron chi connectivity index (χ0n) is 10.8. The van der Waals surface area contributed by atoms with Crippen molar-refractivity contribution in [3.8, 4) is 0 Å². The molecule has 11 heteroatoms. The molecule has 0 aliphatic carbocycles. The first kappa shape index (κ1) is 18.2. The minimum Gasteiger partial charge on any atom is -0.446 e. The molecule has 1 unspecified atom stereocenters. The van der Waals surface area contributed by atoms with Crippen LogP contribution in [-0.4, -0.2) is 32.6 Å². The average molecular weight is 360 g/mol. The normalized spacial score (nSPS) is 13.3. The summed E-state index contributed by atoms with van der Waals surface area (Å²) in [5.74, 6) is -4.02. The summed E-state index contributed by atoms with van der Waals surface area (Å²) >= 11 is 5.57. The average Bonchev–Trinajstić information content (AvgIpc) is 2.37. The van der Waals surface area contributed by atoms with Crippen LogP contribution in [0, 0.1) is 0 Å². The smallest absolute Gasteiger partial charge is 0.446 e. The summed E-state index contributed by atoms with van der Waals surface area (Å²) in [5, 5.41) is 0.248. The van der Waals surface area contributed by atoms with Gasteiger partial charge in [-0.3, -0.25) is 4.79 Å². The summed E-state index contributed by atoms with van der Waals surface area (Å²) < 4.78 is 64.8. The molecule has 122 valence electrons. The Kier molecular flexibility index (Phi) is 5.41. The van der Waals surface area contributed by atoms with E-state index >= 15 is 0 Å². The number of hydrogen-bond donors (Lipinski definition) is 1. The largest absolute Gasteiger partial charge is 0.490 e. The monoisotopic (exact) mass is 359 g/mol. The number of carbonyl (C=O) groups is 2. The molecule has 0 radical (unpaired) electrons. The first-order valence-electron chi connectivity index (χ1n) is 5.53. The second-order valence-corrected chi connectivity index (χ2v) is 6.09. The zero-order chi connectivity index (χ0) is 17.1. The predicted octanol–water partition coefficient (Wildman–Crippen LogP) is 1.64. The lowest BCUT2D eigenvalue weighted by Gasteiger charge is -2.14. The van der Waals surface area contributed by atoms with Crippen LogP contribution in [0.2, 0.25) is 5.02 Å². The Morgan fingerprint density at radius 1 is 1.23 bits per heavy atom. The molecule has 0 aliphatic heterocycles. The van der Waals surface area contributed by atoms with Crippen molar-refractivity contribution in [1.82, 2.24) is 4.72 Å². The first-order valence-corrected chi connectivity index (χ1v) is 7.39. The Hall–Kier alpha value is -1.81. The third kappa shape index (κ3) is 4.88. The van der Waals surface area contributed by atoms with Gasteiger partial charge < -0.3 is 4.74 Å². The maximum absolute atomic E-state index is 12.0. The molecular formula is C11H9ClF3NO5S. The minimum atomic E-state index is -5.29. The number of esters is 1. The second kappa shape index (κ2) is 6.53. The number of carbonyl (C=O) groups excluding carboxylic acids is 2. The lowest BCUT2D eigenvalue weighted by molar-refractivity contribution is -0.204. The third-order valence-electron chi connectivity index (χ3n) is 2.24. The molecule has 0 spiro atoms. The fourth-order valence-corrected chi connectivity index (χ4v) is 2.34. The van der Waals surface area contributed by atoms with Crippen molar-refractivity contribution in [2.24, 2.45) is 0 Å². The molecule has 0 saturated carbocycles. The van der Waals surface area contributed by atoms with E-state index in [4.69, 9.17) is 11.6 Å². The lowest BCUT2D eigenvalue weighted by Crippen LogP contribution is -2.41. The Labute approximate surface area is 128 Å². The Morgan fingerprint density at radius 2 is 1.73 bits per heavy atom. The Balaban J connectivity index is 2.79. The quantitative estimate of drug-likeness (QED) is 0.825. The molecular weight excluding hydrogens is 351 g/mol. The van der Waals surface area contributed by atoms with Crippen LogP contribution in [0.3, 0.4) is 0 Å². The number of ether oxygens (including phenoxy) is 1. The van der Waals surface area contributed by atoms with Crippen molar-refractivity contribution < 1.29 is 35.9 Å². The van der Waals surface area contributed by atoms with Crippen molar-refractivity contribution in [3.05, 3.63) is 29.3 Å². The Morgan fingerprint density at radius 3 is 2.18 bits per heavy atom. The first-order chi connectivity index (χ1) is 9.93. The fraction of sp³-hybridized carbons (Fsp3) is 0.273. The fourth-order valence-electron chi connectivity index (χ4n) is 1.17. The van der Waals surface area contributed by atoms with E-state index < -0.39 is 34.2 Å². The van der Waals surface area contributed by atoms with Gasteiger partial charge in [0, 0.05) is 5.02 Å². The highest BCUT2D eigenvalue weighted by molar-refractivity contribution is 7.90. The van der Waals surface area contributed by atoms with Crippen LogP contribution in [-0.2, 0) is 24.3 Å². The van der Waals surface area contributed by atoms with Gasteiger partial charge in [0.05, 0.1) is 4.90 Å². The van der Waals surface area contributed by atoms with Gasteiger partial charge in [0.2, 0.25) is 0 Å². The molecule has 0 aliphatic rings. The number of alkyl halides is 3. The molecule has 1 aromatic rings. The molecule has 0 saturated heterocycles. The van der Waals surface area contributed by atoms with Gasteiger partial charge >= 0.3 is 12.1 Å². The van der Waals surface area contributed by atoms with Crippen LogP contribution < -0.4 is 4.72 Å². The van der Waals surface area contributed by atoms with E-state index in [0.717, 1.165) is 19.1 Å². The molecule has 1 N–H and O–H groups in total. The molecule has 1 amide bonds. The van der Waals surface area contributed by atoms with Crippen molar-refractivity contribution in [1.29, 1.82) is 0 Å². The number of nitrogens with one attached hydrogen (secondary N) is 1. The predicted molar refractivity (Wildman–Crippen MR) is 68.4 cm³/mol. The Bertz CT molecular complexity index is 672. The standard InChI is InChI=1S/C11H9ClF3NO5S/c1-6(21-10(18)11(13,14)15)9(17)16-22(19,20)8-4-2-7(12)3-5-8/h2-6H,1H3,(H,16,17). The summed E-state index contributed by atoms with van der Waals surface area (Å²) in [6.45, 7) is 0.802. The molecule has 1 aromatic carbocycles. The van der Waals surface area contributed by atoms with Crippen molar-refractivity contribution in [2.75, 3.05) is 0 Å². The number of hydrogen-bond acceptors (Lipinski definition) is 5. The number of halogens is 4. The van der Waals surface area contributed by atoms with E-state index in [1.54, 1.807) is 0 Å². The van der Waals surface area contributed by atoms with E-state index in [-0.39, 0.29) is 9.92 Å². The van der Waals surface area contributed by atoms with Crippen molar-refractivity contribution in [3.63, 3.8) is 0 Å². The molecule has 0 aromatic heterocycles. The van der Waals surface area contributed by atoms with Crippen molar-refractivity contribution >= 4 is 33.5 Å². The summed E-state index contributed by atoms with van der Waals surface area (Å²) in [5.41, 5.74) is 0. The third-order valence-corrected chi connectivity index (χ3v) is 3.86. The van der Waals surface area contributed by atoms with E-state index in [9.17, 15) is 31.2 Å². The van der Waals surface area contributed by atoms with E-state index in [2.05, 4.69) is 4.74 Å². The molecule has 22 heavy (non-hydrogen) atoms. The van der Waals surface area contributed by atoms with Crippen LogP contribution in [0.4, 0.5) is 13.2 Å². The zero-order valence-corrected chi connectivity index (χ0v) is 12.4. The van der Waals surface area contributed by atoms with Crippen LogP contribution in [0.15, 0.2) is 29.2 Å². The molecule has 0 heterocycles. The van der Waals surface area contributed by atoms with E-state index in [0.29, 0.717) is 0 Å². The number of benzene rings is 1. The van der Waals surface area contributed by atoms with Gasteiger partial charge in [0.25, 0.3) is 15.9 Å². The number of sulfonamides is 1. The highest BCUT2D eigenvalue weighted by Crippen LogP contribution is 2.18. The molecule has 1 atom stereocenters. The highest BCUT2D eigenvalue weighted by atomic mass is 35.5. The minimum absolute atomic E-state index is 0.248. The van der Waals surface area contributed by atoms with Crippen LogP contribution in [0.1, 0.15) is 6.92 Å². The lowest BCUT2D eigenvalue weighted by atomic mass is 10.4. The van der Waals surface area contributed by atoms with Crippen LogP contribution in [0.25, 0.3) is 0 Å².